The molecule has 1 fully saturated rings. The number of ether oxygens (including phenoxy) is 4. The molecule has 1 aliphatic rings. The first-order chi connectivity index (χ1) is 32.6. The van der Waals surface area contributed by atoms with Gasteiger partial charge in [-0.2, -0.15) is 19.4 Å². The molecule has 3 N–H and O–H groups in total. The summed E-state index contributed by atoms with van der Waals surface area (Å²) >= 11 is 0. The summed E-state index contributed by atoms with van der Waals surface area (Å²) in [5.41, 5.74) is 4.86. The van der Waals surface area contributed by atoms with Crippen molar-refractivity contribution in [1.82, 2.24) is 24.6 Å². The van der Waals surface area contributed by atoms with Crippen LogP contribution in [0.2, 0.25) is 0 Å². The van der Waals surface area contributed by atoms with E-state index in [1.807, 2.05) is 30.3 Å². The van der Waals surface area contributed by atoms with Gasteiger partial charge in [-0.25, -0.2) is 14.3 Å². The molecule has 0 unspecified atom stereocenters. The Hall–Kier alpha value is -5.07. The maximum Gasteiger partial charge on any atom is 0.508 e. The number of unbranched alkanes of at least 4 members (excludes halogenated alkanes) is 16. The maximum atomic E-state index is 15.1. The molecule has 5 rings (SSSR count). The topological polar surface area (TPSA) is 188 Å². The molecule has 5 atom stereocenters. The van der Waals surface area contributed by atoms with Crippen molar-refractivity contribution in [3.05, 3.63) is 78.6 Å². The lowest BCUT2D eigenvalue weighted by Gasteiger charge is -2.31. The summed E-state index contributed by atoms with van der Waals surface area (Å²) in [6.45, 7) is 3.92. The number of fused-ring (bicyclic) bond motifs is 1. The molecular weight excluding hydrogens is 879 g/mol. The second kappa shape index (κ2) is 28.3. The van der Waals surface area contributed by atoms with Gasteiger partial charge < -0.3 is 29.2 Å². The van der Waals surface area contributed by atoms with E-state index in [-0.39, 0.29) is 48.8 Å². The van der Waals surface area contributed by atoms with Crippen LogP contribution in [0.3, 0.4) is 0 Å². The van der Waals surface area contributed by atoms with Gasteiger partial charge in [-0.1, -0.05) is 171 Å². The number of esters is 1. The van der Waals surface area contributed by atoms with Crippen LogP contribution in [0.1, 0.15) is 148 Å². The Balaban J connectivity index is 1.28. The largest absolute Gasteiger partial charge is 0.508 e. The molecule has 0 aliphatic carbocycles. The van der Waals surface area contributed by atoms with Crippen molar-refractivity contribution in [2.24, 2.45) is 0 Å². The number of rotatable bonds is 32. The molecule has 366 valence electrons. The second-order valence-electron chi connectivity index (χ2n) is 17.1. The molecule has 0 spiro atoms. The zero-order valence-corrected chi connectivity index (χ0v) is 40.2. The van der Waals surface area contributed by atoms with Gasteiger partial charge in [0, 0.05) is 6.42 Å². The standard InChI is InChI=1S/C50H70FN6O9P/c1-4-7-9-11-12-13-14-15-16-17-18-19-20-28-33-61-47(58)41(35-39-29-23-21-24-30-39)56-67(60,66-40-31-25-22-26-32-40)63-37-50(6-3)42(64-49(59)62-34-27-10-8-5-2)36-43(65-50)57-38-53-44-45(52)54-48(51)55-46(44)57/h3,21-26,29-32,38,41-43H,4-5,7-20,27-28,33-37H2,1-2H3,(H,56,60)(H2,52,54,55)/t41-,42-,43+,50+,67-/m0/s1. The number of para-hydroxylation sites is 1. The Kier molecular flexibility index (Phi) is 22.3. The monoisotopic (exact) mass is 948 g/mol. The van der Waals surface area contributed by atoms with Crippen molar-refractivity contribution in [3.63, 3.8) is 0 Å². The van der Waals surface area contributed by atoms with E-state index < -0.39 is 56.5 Å². The summed E-state index contributed by atoms with van der Waals surface area (Å²) in [6, 6.07) is 16.3. The molecule has 0 bridgehead atoms. The summed E-state index contributed by atoms with van der Waals surface area (Å²) in [5.74, 6) is 1.88. The molecule has 2 aromatic carbocycles. The van der Waals surface area contributed by atoms with Crippen LogP contribution in [-0.4, -0.2) is 69.2 Å². The Morgan fingerprint density at radius 3 is 2.04 bits per heavy atom. The van der Waals surface area contributed by atoms with Gasteiger partial charge in [0.05, 0.1) is 19.5 Å². The van der Waals surface area contributed by atoms with E-state index in [4.69, 9.17) is 40.2 Å². The number of terminal acetylenes is 1. The lowest BCUT2D eigenvalue weighted by Crippen LogP contribution is -2.46. The minimum Gasteiger partial charge on any atom is -0.465 e. The first-order valence-electron chi connectivity index (χ1n) is 24.2. The van der Waals surface area contributed by atoms with Crippen LogP contribution in [0.25, 0.3) is 11.2 Å². The summed E-state index contributed by atoms with van der Waals surface area (Å²) in [4.78, 5) is 38.8. The lowest BCUT2D eigenvalue weighted by molar-refractivity contribution is -0.146. The number of nitrogens with two attached hydrogens (primary N) is 1. The van der Waals surface area contributed by atoms with Gasteiger partial charge in [0.1, 0.15) is 24.6 Å². The predicted molar refractivity (Wildman–Crippen MR) is 255 cm³/mol. The molecule has 4 aromatic rings. The number of carbonyl (C=O) groups excluding carboxylic acids is 2. The molecule has 0 amide bonds. The van der Waals surface area contributed by atoms with Gasteiger partial charge in [0.2, 0.25) is 0 Å². The van der Waals surface area contributed by atoms with E-state index in [9.17, 15) is 14.0 Å². The van der Waals surface area contributed by atoms with E-state index in [2.05, 4.69) is 39.8 Å². The number of nitrogens with zero attached hydrogens (tertiary/aromatic N) is 4. The van der Waals surface area contributed by atoms with E-state index in [0.717, 1.165) is 44.1 Å². The third kappa shape index (κ3) is 17.2. The normalized spacial score (nSPS) is 18.2. The molecule has 1 aliphatic heterocycles. The predicted octanol–water partition coefficient (Wildman–Crippen LogP) is 11.4. The van der Waals surface area contributed by atoms with Crippen molar-refractivity contribution in [2.45, 2.75) is 166 Å². The number of hydrogen-bond donors (Lipinski definition) is 2. The van der Waals surface area contributed by atoms with Crippen molar-refractivity contribution in [3.8, 4) is 18.1 Å². The van der Waals surface area contributed by atoms with Gasteiger partial charge in [-0.3, -0.25) is 13.9 Å². The van der Waals surface area contributed by atoms with Crippen LogP contribution in [0.4, 0.5) is 15.0 Å². The van der Waals surface area contributed by atoms with E-state index in [0.29, 0.717) is 12.8 Å². The molecule has 0 saturated carbocycles. The Morgan fingerprint density at radius 1 is 0.866 bits per heavy atom. The summed E-state index contributed by atoms with van der Waals surface area (Å²) in [6.07, 6.45) is 23.3. The number of carbonyl (C=O) groups is 2. The van der Waals surface area contributed by atoms with Crippen molar-refractivity contribution in [1.29, 1.82) is 0 Å². The molecule has 2 aromatic heterocycles. The summed E-state index contributed by atoms with van der Waals surface area (Å²) in [7, 11) is -4.60. The number of halogens is 1. The van der Waals surface area contributed by atoms with Gasteiger partial charge in [-0.15, -0.1) is 6.42 Å². The van der Waals surface area contributed by atoms with Crippen LogP contribution in [0.5, 0.6) is 5.75 Å². The minimum absolute atomic E-state index is 0.00269. The zero-order valence-electron chi connectivity index (χ0n) is 39.3. The van der Waals surface area contributed by atoms with Gasteiger partial charge in [0.25, 0.3) is 0 Å². The van der Waals surface area contributed by atoms with Gasteiger partial charge in [-0.05, 0) is 37.0 Å². The Labute approximate surface area is 395 Å². The molecule has 0 radical (unpaired) electrons. The Bertz CT molecular complexity index is 2180. The van der Waals surface area contributed by atoms with Crippen molar-refractivity contribution < 1.29 is 46.5 Å². The fourth-order valence-corrected chi connectivity index (χ4v) is 9.51. The van der Waals surface area contributed by atoms with Crippen LogP contribution >= 0.6 is 7.75 Å². The Morgan fingerprint density at radius 2 is 1.43 bits per heavy atom. The zero-order chi connectivity index (χ0) is 47.7. The quantitative estimate of drug-likeness (QED) is 0.0155. The van der Waals surface area contributed by atoms with Crippen molar-refractivity contribution in [2.75, 3.05) is 25.6 Å². The number of nitrogen functional groups attached to an aromatic ring is 1. The van der Waals surface area contributed by atoms with E-state index >= 15 is 4.57 Å². The third-order valence-corrected chi connectivity index (χ3v) is 13.3. The molecule has 67 heavy (non-hydrogen) atoms. The van der Waals surface area contributed by atoms with Gasteiger partial charge in [0.15, 0.2) is 28.7 Å². The average Bonchev–Trinajstić information content (AvgIpc) is 3.91. The lowest BCUT2D eigenvalue weighted by atomic mass is 9.99. The number of imidazole rings is 1. The number of hydrogen-bond acceptors (Lipinski definition) is 13. The second-order valence-corrected chi connectivity index (χ2v) is 18.8. The first-order valence-corrected chi connectivity index (χ1v) is 25.7. The molecule has 3 heterocycles. The van der Waals surface area contributed by atoms with E-state index in [1.165, 1.54) is 75.1 Å². The minimum atomic E-state index is -4.60. The SMILES string of the molecule is C#C[C@]1(CO[P@@](=O)(N[C@@H](Cc2ccccc2)C(=O)OCCCCCCCCCCCCCCCC)Oc2ccccc2)O[C@@H](n2cnc3c(N)nc(F)nc32)C[C@@H]1OC(=O)OCCCCCC. The maximum absolute atomic E-state index is 15.1. The summed E-state index contributed by atoms with van der Waals surface area (Å²) < 4.78 is 66.6. The number of anilines is 1. The van der Waals surface area contributed by atoms with E-state index in [1.54, 1.807) is 30.3 Å². The smallest absolute Gasteiger partial charge is 0.465 e. The number of aromatic nitrogens is 4. The average molecular weight is 949 g/mol. The third-order valence-electron chi connectivity index (χ3n) is 11.8. The molecule has 15 nitrogen and oxygen atoms in total. The number of benzene rings is 2. The number of nitrogens with one attached hydrogen (secondary N) is 1. The highest BCUT2D eigenvalue weighted by molar-refractivity contribution is 7.52. The van der Waals surface area contributed by atoms with Crippen LogP contribution < -0.4 is 15.3 Å². The van der Waals surface area contributed by atoms with Crippen LogP contribution in [-0.2, 0) is 39.3 Å². The van der Waals surface area contributed by atoms with Crippen LogP contribution in [0, 0.1) is 18.4 Å². The molecular formula is C50H70FN6O9P. The van der Waals surface area contributed by atoms with Crippen LogP contribution in [0.15, 0.2) is 67.0 Å². The highest BCUT2D eigenvalue weighted by Gasteiger charge is 2.53. The highest BCUT2D eigenvalue weighted by atomic mass is 31.2. The van der Waals surface area contributed by atoms with Gasteiger partial charge >= 0.3 is 25.9 Å². The fourth-order valence-electron chi connectivity index (χ4n) is 7.99. The first kappa shape index (κ1) is 52.9. The molecule has 17 heteroatoms. The summed E-state index contributed by atoms with van der Waals surface area (Å²) in [5, 5.41) is 2.86. The van der Waals surface area contributed by atoms with Crippen molar-refractivity contribution >= 4 is 36.9 Å². The fraction of sp³-hybridized carbons (Fsp3) is 0.580. The molecule has 1 saturated heterocycles. The highest BCUT2D eigenvalue weighted by Crippen LogP contribution is 2.49.